The monoisotopic (exact) mass is 265 g/mol. The van der Waals surface area contributed by atoms with Gasteiger partial charge >= 0.3 is 5.97 Å². The van der Waals surface area contributed by atoms with Crippen molar-refractivity contribution in [1.82, 2.24) is 5.32 Å². The zero-order valence-corrected chi connectivity index (χ0v) is 10.4. The second-order valence-corrected chi connectivity index (χ2v) is 4.21. The van der Waals surface area contributed by atoms with E-state index in [1.165, 1.54) is 19.1 Å². The Hall–Kier alpha value is -2.37. The summed E-state index contributed by atoms with van der Waals surface area (Å²) < 4.78 is 0. The molecular weight excluding hydrogens is 250 g/mol. The lowest BCUT2D eigenvalue weighted by Crippen LogP contribution is -2.42. The van der Waals surface area contributed by atoms with Crippen LogP contribution in [0.5, 0.6) is 5.75 Å². The van der Waals surface area contributed by atoms with Crippen LogP contribution in [-0.4, -0.2) is 33.9 Å². The third kappa shape index (κ3) is 5.20. The van der Waals surface area contributed by atoms with Crippen LogP contribution in [0, 0.1) is 0 Å². The number of rotatable bonds is 6. The van der Waals surface area contributed by atoms with Crippen LogP contribution in [0.25, 0.3) is 0 Å². The number of hydrogen-bond acceptors (Lipinski definition) is 4. The number of Topliss-reactive ketones (excluding diaryl/α,β-unsaturated/α-hetero) is 1. The standard InChI is InChI=1S/C13H15NO5/c1-8(15)6-12(17)14-11(13(18)19)7-9-2-4-10(16)5-3-9/h2-5,11,16H,6-7H2,1H3,(H,14,17)(H,18,19)/t11-/m1/s1. The molecule has 1 aromatic rings. The van der Waals surface area contributed by atoms with Crippen molar-refractivity contribution in [3.8, 4) is 5.75 Å². The molecule has 0 aliphatic heterocycles. The molecule has 0 aromatic heterocycles. The number of carboxylic acids is 1. The number of carbonyl (C=O) groups is 3. The van der Waals surface area contributed by atoms with E-state index < -0.39 is 17.9 Å². The summed E-state index contributed by atoms with van der Waals surface area (Å²) in [6, 6.07) is 4.92. The highest BCUT2D eigenvalue weighted by molar-refractivity contribution is 5.98. The summed E-state index contributed by atoms with van der Waals surface area (Å²) in [6.45, 7) is 1.26. The quantitative estimate of drug-likeness (QED) is 0.649. The Kier molecular flexibility index (Phi) is 5.05. The van der Waals surface area contributed by atoms with Gasteiger partial charge in [0.2, 0.25) is 5.91 Å². The molecule has 0 heterocycles. The first-order valence-corrected chi connectivity index (χ1v) is 5.68. The normalized spacial score (nSPS) is 11.6. The van der Waals surface area contributed by atoms with E-state index in [1.807, 2.05) is 0 Å². The van der Waals surface area contributed by atoms with Crippen molar-refractivity contribution < 1.29 is 24.6 Å². The molecule has 6 heteroatoms. The maximum Gasteiger partial charge on any atom is 0.326 e. The van der Waals surface area contributed by atoms with Crippen LogP contribution in [0.2, 0.25) is 0 Å². The lowest BCUT2D eigenvalue weighted by molar-refractivity contribution is -0.142. The van der Waals surface area contributed by atoms with Crippen molar-refractivity contribution in [2.45, 2.75) is 25.8 Å². The summed E-state index contributed by atoms with van der Waals surface area (Å²) in [5.74, 6) is -2.04. The van der Waals surface area contributed by atoms with Gasteiger partial charge in [-0.25, -0.2) is 4.79 Å². The Morgan fingerprint density at radius 1 is 1.21 bits per heavy atom. The van der Waals surface area contributed by atoms with Gasteiger partial charge in [0.05, 0.1) is 6.42 Å². The first-order chi connectivity index (χ1) is 8.88. The maximum atomic E-state index is 11.4. The Labute approximate surface area is 110 Å². The number of carboxylic acid groups (broad SMARTS) is 1. The number of benzene rings is 1. The second-order valence-electron chi connectivity index (χ2n) is 4.21. The number of nitrogens with one attached hydrogen (secondary N) is 1. The zero-order valence-electron chi connectivity index (χ0n) is 10.4. The van der Waals surface area contributed by atoms with E-state index >= 15 is 0 Å². The molecule has 0 saturated heterocycles. The molecule has 0 unspecified atom stereocenters. The van der Waals surface area contributed by atoms with Crippen molar-refractivity contribution in [1.29, 1.82) is 0 Å². The first-order valence-electron chi connectivity index (χ1n) is 5.68. The zero-order chi connectivity index (χ0) is 14.4. The van der Waals surface area contributed by atoms with Crippen LogP contribution in [-0.2, 0) is 20.8 Å². The minimum atomic E-state index is -1.18. The smallest absolute Gasteiger partial charge is 0.326 e. The highest BCUT2D eigenvalue weighted by Gasteiger charge is 2.20. The Balaban J connectivity index is 2.68. The fraction of sp³-hybridized carbons (Fsp3) is 0.308. The number of ketones is 1. The van der Waals surface area contributed by atoms with Crippen molar-refractivity contribution >= 4 is 17.7 Å². The van der Waals surface area contributed by atoms with E-state index in [9.17, 15) is 14.4 Å². The summed E-state index contributed by atoms with van der Waals surface area (Å²) >= 11 is 0. The van der Waals surface area contributed by atoms with Crippen LogP contribution in [0.1, 0.15) is 18.9 Å². The SMILES string of the molecule is CC(=O)CC(=O)N[C@H](Cc1ccc(O)cc1)C(=O)O. The van der Waals surface area contributed by atoms with Gasteiger partial charge in [-0.3, -0.25) is 9.59 Å². The number of phenols is 1. The molecule has 0 spiro atoms. The molecule has 6 nitrogen and oxygen atoms in total. The van der Waals surface area contributed by atoms with Crippen molar-refractivity contribution in [3.63, 3.8) is 0 Å². The molecule has 0 aliphatic carbocycles. The average molecular weight is 265 g/mol. The van der Waals surface area contributed by atoms with Gasteiger partial charge in [-0.15, -0.1) is 0 Å². The number of phenolic OH excluding ortho intramolecular Hbond substituents is 1. The molecule has 0 saturated carbocycles. The van der Waals surface area contributed by atoms with Gasteiger partial charge in [-0.05, 0) is 24.6 Å². The van der Waals surface area contributed by atoms with Crippen LogP contribution >= 0.6 is 0 Å². The van der Waals surface area contributed by atoms with E-state index in [1.54, 1.807) is 12.1 Å². The van der Waals surface area contributed by atoms with Gasteiger partial charge in [-0.1, -0.05) is 12.1 Å². The largest absolute Gasteiger partial charge is 0.508 e. The fourth-order valence-electron chi connectivity index (χ4n) is 1.54. The Morgan fingerprint density at radius 2 is 1.79 bits per heavy atom. The van der Waals surface area contributed by atoms with Crippen LogP contribution in [0.15, 0.2) is 24.3 Å². The molecule has 19 heavy (non-hydrogen) atoms. The van der Waals surface area contributed by atoms with E-state index in [2.05, 4.69) is 5.32 Å². The molecule has 0 radical (unpaired) electrons. The number of hydrogen-bond donors (Lipinski definition) is 3. The number of carbonyl (C=O) groups excluding carboxylic acids is 2. The molecule has 1 rings (SSSR count). The predicted octanol–water partition coefficient (Wildman–Crippen LogP) is 0.483. The summed E-state index contributed by atoms with van der Waals surface area (Å²) in [7, 11) is 0. The molecule has 0 bridgehead atoms. The number of amides is 1. The molecule has 1 amide bonds. The molecular formula is C13H15NO5. The third-order valence-electron chi connectivity index (χ3n) is 2.42. The van der Waals surface area contributed by atoms with Crippen LogP contribution in [0.3, 0.4) is 0 Å². The van der Waals surface area contributed by atoms with Gasteiger partial charge in [0.1, 0.15) is 17.6 Å². The molecule has 1 aromatic carbocycles. The minimum Gasteiger partial charge on any atom is -0.508 e. The first kappa shape index (κ1) is 14.7. The van der Waals surface area contributed by atoms with Gasteiger partial charge in [-0.2, -0.15) is 0 Å². The summed E-state index contributed by atoms with van der Waals surface area (Å²) in [4.78, 5) is 33.2. The summed E-state index contributed by atoms with van der Waals surface area (Å²) in [5.41, 5.74) is 0.660. The van der Waals surface area contributed by atoms with E-state index in [0.717, 1.165) is 0 Å². The molecule has 0 fully saturated rings. The molecule has 102 valence electrons. The third-order valence-corrected chi connectivity index (χ3v) is 2.42. The van der Waals surface area contributed by atoms with Gasteiger partial charge < -0.3 is 15.5 Å². The van der Waals surface area contributed by atoms with Crippen molar-refractivity contribution in [3.05, 3.63) is 29.8 Å². The van der Waals surface area contributed by atoms with Gasteiger partial charge in [0.15, 0.2) is 0 Å². The number of aromatic hydroxyl groups is 1. The Bertz CT molecular complexity index is 480. The highest BCUT2D eigenvalue weighted by atomic mass is 16.4. The topological polar surface area (TPSA) is 104 Å². The molecule has 0 aliphatic rings. The lowest BCUT2D eigenvalue weighted by Gasteiger charge is -2.14. The van der Waals surface area contributed by atoms with Crippen LogP contribution < -0.4 is 5.32 Å². The van der Waals surface area contributed by atoms with Crippen molar-refractivity contribution in [2.75, 3.05) is 0 Å². The molecule has 1 atom stereocenters. The summed E-state index contributed by atoms with van der Waals surface area (Å²) in [5, 5.41) is 20.4. The highest BCUT2D eigenvalue weighted by Crippen LogP contribution is 2.11. The molecule has 3 N–H and O–H groups in total. The van der Waals surface area contributed by atoms with E-state index in [-0.39, 0.29) is 24.4 Å². The maximum absolute atomic E-state index is 11.4. The minimum absolute atomic E-state index is 0.0799. The van der Waals surface area contributed by atoms with Crippen LogP contribution in [0.4, 0.5) is 0 Å². The lowest BCUT2D eigenvalue weighted by atomic mass is 10.1. The second kappa shape index (κ2) is 6.53. The predicted molar refractivity (Wildman–Crippen MR) is 66.7 cm³/mol. The number of aliphatic carboxylic acids is 1. The van der Waals surface area contributed by atoms with E-state index in [4.69, 9.17) is 10.2 Å². The van der Waals surface area contributed by atoms with Gasteiger partial charge in [0, 0.05) is 6.42 Å². The average Bonchev–Trinajstić information content (AvgIpc) is 2.29. The fourth-order valence-corrected chi connectivity index (χ4v) is 1.54. The summed E-state index contributed by atoms with van der Waals surface area (Å²) in [6.07, 6.45) is -0.251. The van der Waals surface area contributed by atoms with E-state index in [0.29, 0.717) is 5.56 Å². The van der Waals surface area contributed by atoms with Gasteiger partial charge in [0.25, 0.3) is 0 Å². The Morgan fingerprint density at radius 3 is 2.26 bits per heavy atom. The van der Waals surface area contributed by atoms with Crippen molar-refractivity contribution in [2.24, 2.45) is 0 Å².